The maximum atomic E-state index is 12.2. The number of pyridine rings is 1. The van der Waals surface area contributed by atoms with Crippen LogP contribution in [0.5, 0.6) is 0 Å². The number of ether oxygens (including phenoxy) is 1. The predicted molar refractivity (Wildman–Crippen MR) is 95.6 cm³/mol. The number of carbonyl (C=O) groups excluding carboxylic acids is 1. The minimum atomic E-state index is 0.0341. The van der Waals surface area contributed by atoms with Gasteiger partial charge in [-0.15, -0.1) is 0 Å². The van der Waals surface area contributed by atoms with E-state index >= 15 is 0 Å². The summed E-state index contributed by atoms with van der Waals surface area (Å²) in [6.07, 6.45) is 3.25. The van der Waals surface area contributed by atoms with E-state index in [1.807, 2.05) is 12.1 Å². The third-order valence-corrected chi connectivity index (χ3v) is 4.12. The molecule has 1 aromatic carbocycles. The van der Waals surface area contributed by atoms with Crippen molar-refractivity contribution in [3.05, 3.63) is 47.7 Å². The van der Waals surface area contributed by atoms with E-state index in [9.17, 15) is 4.79 Å². The van der Waals surface area contributed by atoms with Gasteiger partial charge in [-0.1, -0.05) is 6.07 Å². The molecule has 1 aliphatic heterocycles. The maximum absolute atomic E-state index is 12.2. The monoisotopic (exact) mass is 325 g/mol. The van der Waals surface area contributed by atoms with Crippen molar-refractivity contribution in [1.29, 1.82) is 0 Å². The Kier molecular flexibility index (Phi) is 5.11. The van der Waals surface area contributed by atoms with Crippen molar-refractivity contribution in [1.82, 2.24) is 4.98 Å². The number of benzene rings is 1. The van der Waals surface area contributed by atoms with Gasteiger partial charge in [0.2, 0.25) is 5.91 Å². The van der Waals surface area contributed by atoms with Crippen LogP contribution in [0.1, 0.15) is 24.0 Å². The van der Waals surface area contributed by atoms with Gasteiger partial charge in [-0.2, -0.15) is 0 Å². The quantitative estimate of drug-likeness (QED) is 0.897. The van der Waals surface area contributed by atoms with E-state index in [1.165, 1.54) is 11.1 Å². The number of amides is 1. The second-order valence-corrected chi connectivity index (χ2v) is 6.31. The molecular formula is C19H23N3O2. The van der Waals surface area contributed by atoms with Crippen LogP contribution in [-0.2, 0) is 9.53 Å². The number of aromatic nitrogens is 1. The molecule has 0 aliphatic carbocycles. The van der Waals surface area contributed by atoms with Gasteiger partial charge in [0, 0.05) is 24.8 Å². The van der Waals surface area contributed by atoms with Crippen LogP contribution in [-0.4, -0.2) is 24.1 Å². The van der Waals surface area contributed by atoms with Crippen molar-refractivity contribution in [2.45, 2.75) is 26.7 Å². The summed E-state index contributed by atoms with van der Waals surface area (Å²) < 4.78 is 5.29. The summed E-state index contributed by atoms with van der Waals surface area (Å²) in [7, 11) is 0. The lowest BCUT2D eigenvalue weighted by atomic mass is 9.99. The molecule has 5 nitrogen and oxygen atoms in total. The fourth-order valence-corrected chi connectivity index (χ4v) is 2.94. The van der Waals surface area contributed by atoms with Crippen LogP contribution < -0.4 is 10.6 Å². The van der Waals surface area contributed by atoms with Gasteiger partial charge in [0.25, 0.3) is 0 Å². The van der Waals surface area contributed by atoms with Crippen molar-refractivity contribution < 1.29 is 9.53 Å². The van der Waals surface area contributed by atoms with Crippen LogP contribution in [0.25, 0.3) is 0 Å². The van der Waals surface area contributed by atoms with E-state index in [1.54, 1.807) is 6.20 Å². The first kappa shape index (κ1) is 16.5. The Morgan fingerprint density at radius 2 is 1.79 bits per heavy atom. The smallest absolute Gasteiger partial charge is 0.227 e. The average Bonchev–Trinajstić information content (AvgIpc) is 2.56. The molecule has 2 heterocycles. The fourth-order valence-electron chi connectivity index (χ4n) is 2.94. The molecule has 5 heteroatoms. The van der Waals surface area contributed by atoms with Gasteiger partial charge >= 0.3 is 0 Å². The molecule has 0 spiro atoms. The predicted octanol–water partition coefficient (Wildman–Crippen LogP) is 3.81. The van der Waals surface area contributed by atoms with Crippen molar-refractivity contribution in [3.63, 3.8) is 0 Å². The first-order valence-electron chi connectivity index (χ1n) is 8.30. The van der Waals surface area contributed by atoms with Gasteiger partial charge in [-0.05, 0) is 62.1 Å². The SMILES string of the molecule is Cc1cc(C)cc(Nc2ccc(NC(=O)C3CCOCC3)cn2)c1. The van der Waals surface area contributed by atoms with Gasteiger partial charge in [-0.3, -0.25) is 4.79 Å². The number of anilines is 3. The Hall–Kier alpha value is -2.40. The van der Waals surface area contributed by atoms with Crippen molar-refractivity contribution >= 4 is 23.1 Å². The second-order valence-electron chi connectivity index (χ2n) is 6.31. The molecule has 1 aromatic heterocycles. The van der Waals surface area contributed by atoms with Crippen LogP contribution in [0.4, 0.5) is 17.2 Å². The van der Waals surface area contributed by atoms with E-state index in [-0.39, 0.29) is 11.8 Å². The van der Waals surface area contributed by atoms with Crippen molar-refractivity contribution in [2.24, 2.45) is 5.92 Å². The Bertz CT molecular complexity index is 687. The standard InChI is InChI=1S/C19H23N3O2/c1-13-9-14(2)11-17(10-13)21-18-4-3-16(12-20-18)22-19(23)15-5-7-24-8-6-15/h3-4,9-12,15H,5-8H2,1-2H3,(H,20,21)(H,22,23). The summed E-state index contributed by atoms with van der Waals surface area (Å²) in [5.74, 6) is 0.839. The minimum Gasteiger partial charge on any atom is -0.381 e. The molecule has 1 saturated heterocycles. The summed E-state index contributed by atoms with van der Waals surface area (Å²) in [5.41, 5.74) is 4.15. The number of aryl methyl sites for hydroxylation is 2. The van der Waals surface area contributed by atoms with Gasteiger partial charge in [0.15, 0.2) is 0 Å². The van der Waals surface area contributed by atoms with Crippen LogP contribution in [0.2, 0.25) is 0 Å². The van der Waals surface area contributed by atoms with E-state index in [0.717, 1.165) is 30.0 Å². The van der Waals surface area contributed by atoms with E-state index in [2.05, 4.69) is 47.7 Å². The molecule has 24 heavy (non-hydrogen) atoms. The molecule has 0 unspecified atom stereocenters. The molecule has 1 fully saturated rings. The van der Waals surface area contributed by atoms with Gasteiger partial charge in [0.05, 0.1) is 11.9 Å². The number of nitrogens with one attached hydrogen (secondary N) is 2. The summed E-state index contributed by atoms with van der Waals surface area (Å²) in [4.78, 5) is 16.6. The number of nitrogens with zero attached hydrogens (tertiary/aromatic N) is 1. The van der Waals surface area contributed by atoms with E-state index in [0.29, 0.717) is 13.2 Å². The largest absolute Gasteiger partial charge is 0.381 e. The third-order valence-electron chi connectivity index (χ3n) is 4.12. The first-order chi connectivity index (χ1) is 11.6. The zero-order valence-corrected chi connectivity index (χ0v) is 14.1. The molecule has 2 N–H and O–H groups in total. The molecule has 0 atom stereocenters. The Morgan fingerprint density at radius 3 is 2.42 bits per heavy atom. The Balaban J connectivity index is 1.61. The highest BCUT2D eigenvalue weighted by molar-refractivity contribution is 5.92. The lowest BCUT2D eigenvalue weighted by Crippen LogP contribution is -2.28. The molecular weight excluding hydrogens is 302 g/mol. The van der Waals surface area contributed by atoms with Crippen LogP contribution in [0.3, 0.4) is 0 Å². The summed E-state index contributed by atoms with van der Waals surface area (Å²) in [6, 6.07) is 10.0. The number of hydrogen-bond acceptors (Lipinski definition) is 4. The fraction of sp³-hybridized carbons (Fsp3) is 0.368. The maximum Gasteiger partial charge on any atom is 0.227 e. The number of hydrogen-bond donors (Lipinski definition) is 2. The van der Waals surface area contributed by atoms with Gasteiger partial charge < -0.3 is 15.4 Å². The summed E-state index contributed by atoms with van der Waals surface area (Å²) in [6.45, 7) is 5.46. The molecule has 1 amide bonds. The Morgan fingerprint density at radius 1 is 1.08 bits per heavy atom. The normalized spacial score (nSPS) is 15.1. The highest BCUT2D eigenvalue weighted by atomic mass is 16.5. The second kappa shape index (κ2) is 7.45. The molecule has 126 valence electrons. The first-order valence-corrected chi connectivity index (χ1v) is 8.30. The molecule has 0 bridgehead atoms. The lowest BCUT2D eigenvalue weighted by Gasteiger charge is -2.21. The molecule has 3 rings (SSSR count). The van der Waals surface area contributed by atoms with Crippen LogP contribution in [0.15, 0.2) is 36.5 Å². The zero-order valence-electron chi connectivity index (χ0n) is 14.1. The number of rotatable bonds is 4. The molecule has 0 radical (unpaired) electrons. The molecule has 0 saturated carbocycles. The molecule has 2 aromatic rings. The van der Waals surface area contributed by atoms with Crippen molar-refractivity contribution in [2.75, 3.05) is 23.8 Å². The van der Waals surface area contributed by atoms with E-state index < -0.39 is 0 Å². The zero-order chi connectivity index (χ0) is 16.9. The van der Waals surface area contributed by atoms with Gasteiger partial charge in [0.1, 0.15) is 5.82 Å². The lowest BCUT2D eigenvalue weighted by molar-refractivity contribution is -0.122. The minimum absolute atomic E-state index is 0.0341. The van der Waals surface area contributed by atoms with E-state index in [4.69, 9.17) is 4.74 Å². The number of carbonyl (C=O) groups is 1. The average molecular weight is 325 g/mol. The van der Waals surface area contributed by atoms with Crippen molar-refractivity contribution in [3.8, 4) is 0 Å². The molecule has 1 aliphatic rings. The summed E-state index contributed by atoms with van der Waals surface area (Å²) in [5, 5.41) is 6.23. The highest BCUT2D eigenvalue weighted by Gasteiger charge is 2.21. The summed E-state index contributed by atoms with van der Waals surface area (Å²) >= 11 is 0. The third kappa shape index (κ3) is 4.32. The van der Waals surface area contributed by atoms with Gasteiger partial charge in [-0.25, -0.2) is 4.98 Å². The van der Waals surface area contributed by atoms with Crippen LogP contribution >= 0.6 is 0 Å². The van der Waals surface area contributed by atoms with Crippen LogP contribution in [0, 0.1) is 19.8 Å². The Labute approximate surface area is 142 Å². The highest BCUT2D eigenvalue weighted by Crippen LogP contribution is 2.20. The topological polar surface area (TPSA) is 63.2 Å².